The minimum Gasteiger partial charge on any atom is -0.306 e. The second-order valence-corrected chi connectivity index (χ2v) is 14.5. The van der Waals surface area contributed by atoms with Crippen LogP contribution in [0.2, 0.25) is 0 Å². The van der Waals surface area contributed by atoms with Crippen molar-refractivity contribution in [2.45, 2.75) is 124 Å². The van der Waals surface area contributed by atoms with E-state index in [-0.39, 0.29) is 5.54 Å². The molecule has 2 nitrogen and oxygen atoms in total. The number of hydrogen-bond acceptors (Lipinski definition) is 1. The van der Waals surface area contributed by atoms with Crippen LogP contribution in [0, 0.1) is 41.4 Å². The van der Waals surface area contributed by atoms with Gasteiger partial charge < -0.3 is 4.90 Å². The summed E-state index contributed by atoms with van der Waals surface area (Å²) in [5, 5.41) is 0. The summed E-state index contributed by atoms with van der Waals surface area (Å²) in [6.45, 7) is 11.9. The highest BCUT2D eigenvalue weighted by atomic mass is 16.2. The van der Waals surface area contributed by atoms with Gasteiger partial charge in [0.25, 0.3) is 0 Å². The first-order chi connectivity index (χ1) is 17.1. The van der Waals surface area contributed by atoms with Crippen molar-refractivity contribution in [3.8, 4) is 0 Å². The Balaban J connectivity index is 1.10. The van der Waals surface area contributed by atoms with Gasteiger partial charge >= 0.3 is 0 Å². The van der Waals surface area contributed by atoms with Crippen LogP contribution in [0.3, 0.4) is 0 Å². The Bertz CT molecular complexity index is 1070. The molecule has 0 radical (unpaired) electrons. The maximum absolute atomic E-state index is 13.5. The molecule has 6 unspecified atom stereocenters. The Morgan fingerprint density at radius 2 is 1.83 bits per heavy atom. The van der Waals surface area contributed by atoms with Gasteiger partial charge in [0.05, 0.1) is 0 Å². The molecule has 1 aromatic rings. The number of carbonyl (C=O) groups excluding carboxylic acids is 1. The molecule has 0 N–H and O–H groups in total. The van der Waals surface area contributed by atoms with Gasteiger partial charge in [0.1, 0.15) is 0 Å². The van der Waals surface area contributed by atoms with Crippen molar-refractivity contribution < 1.29 is 4.79 Å². The molecule has 5 aliphatic rings. The highest BCUT2D eigenvalue weighted by Gasteiger charge is 2.57. The summed E-state index contributed by atoms with van der Waals surface area (Å²) in [5.74, 6) is 4.07. The molecule has 3 fully saturated rings. The average Bonchev–Trinajstić information content (AvgIpc) is 3.30. The Labute approximate surface area is 220 Å². The van der Waals surface area contributed by atoms with Crippen molar-refractivity contribution in [3.05, 3.63) is 41.0 Å². The van der Waals surface area contributed by atoms with Gasteiger partial charge in [0.15, 0.2) is 0 Å². The van der Waals surface area contributed by atoms with Gasteiger partial charge in [0, 0.05) is 17.6 Å². The normalized spacial score (nSPS) is 38.6. The van der Waals surface area contributed by atoms with Crippen LogP contribution in [0.5, 0.6) is 0 Å². The van der Waals surface area contributed by atoms with Crippen LogP contribution in [-0.2, 0) is 11.2 Å². The molecule has 3 saturated carbocycles. The molecule has 196 valence electrons. The maximum atomic E-state index is 13.5. The minimum atomic E-state index is -0.122. The van der Waals surface area contributed by atoms with E-state index in [4.69, 9.17) is 0 Å². The van der Waals surface area contributed by atoms with Gasteiger partial charge in [-0.15, -0.1) is 0 Å². The summed E-state index contributed by atoms with van der Waals surface area (Å²) in [5.41, 5.74) is 6.35. The van der Waals surface area contributed by atoms with E-state index < -0.39 is 0 Å². The van der Waals surface area contributed by atoms with Gasteiger partial charge in [-0.2, -0.15) is 0 Å². The number of fused-ring (bicyclic) bond motifs is 6. The monoisotopic (exact) mass is 487 g/mol. The molecule has 0 bridgehead atoms. The molecule has 1 amide bonds. The largest absolute Gasteiger partial charge is 0.306 e. The standard InChI is InChI=1S/C34H49NO/c1-23-12-17-30-24(21-23)22-32(2,3)35(30)31(36)11-8-10-26-14-16-28-27-15-13-25-9-6-7-19-33(25,4)29(27)18-20-34(26,28)5/h12,14,17,21,25,27-29H,6-11,13,15-16,18-20,22H2,1-5H3. The van der Waals surface area contributed by atoms with Crippen LogP contribution in [-0.4, -0.2) is 11.4 Å². The van der Waals surface area contributed by atoms with Crippen LogP contribution >= 0.6 is 0 Å². The van der Waals surface area contributed by atoms with Crippen molar-refractivity contribution >= 4 is 11.6 Å². The molecule has 2 heteroatoms. The second-order valence-electron chi connectivity index (χ2n) is 14.5. The first kappa shape index (κ1) is 24.7. The predicted octanol–water partition coefficient (Wildman–Crippen LogP) is 8.80. The van der Waals surface area contributed by atoms with Crippen molar-refractivity contribution in [2.24, 2.45) is 34.5 Å². The summed E-state index contributed by atoms with van der Waals surface area (Å²) >= 11 is 0. The molecule has 0 aromatic heterocycles. The highest BCUT2D eigenvalue weighted by Crippen LogP contribution is 2.66. The molecular weight excluding hydrogens is 438 g/mol. The second kappa shape index (κ2) is 8.74. The summed E-state index contributed by atoms with van der Waals surface area (Å²) in [6.07, 6.45) is 19.4. The van der Waals surface area contributed by atoms with E-state index in [1.54, 1.807) is 5.57 Å². The quantitative estimate of drug-likeness (QED) is 0.389. The maximum Gasteiger partial charge on any atom is 0.227 e. The minimum absolute atomic E-state index is 0.122. The van der Waals surface area contributed by atoms with Crippen molar-refractivity contribution in [3.63, 3.8) is 0 Å². The fourth-order valence-corrected chi connectivity index (χ4v) is 10.3. The smallest absolute Gasteiger partial charge is 0.227 e. The van der Waals surface area contributed by atoms with Gasteiger partial charge in [-0.3, -0.25) is 4.79 Å². The summed E-state index contributed by atoms with van der Waals surface area (Å²) in [6, 6.07) is 6.59. The zero-order valence-corrected chi connectivity index (χ0v) is 23.7. The fraction of sp³-hybridized carbons (Fsp3) is 0.735. The van der Waals surface area contributed by atoms with Crippen LogP contribution < -0.4 is 4.90 Å². The molecule has 0 saturated heterocycles. The fourth-order valence-electron chi connectivity index (χ4n) is 10.3. The van der Waals surface area contributed by atoms with Crippen LogP contribution in [0.25, 0.3) is 0 Å². The van der Waals surface area contributed by atoms with Crippen LogP contribution in [0.15, 0.2) is 29.8 Å². The molecule has 36 heavy (non-hydrogen) atoms. The van der Waals surface area contributed by atoms with Gasteiger partial charge in [0.2, 0.25) is 5.91 Å². The molecule has 4 aliphatic carbocycles. The average molecular weight is 488 g/mol. The predicted molar refractivity (Wildman–Crippen MR) is 150 cm³/mol. The third-order valence-electron chi connectivity index (χ3n) is 12.1. The van der Waals surface area contributed by atoms with E-state index >= 15 is 0 Å². The van der Waals surface area contributed by atoms with E-state index in [0.717, 1.165) is 48.6 Å². The lowest BCUT2D eigenvalue weighted by Gasteiger charge is -2.60. The van der Waals surface area contributed by atoms with Gasteiger partial charge in [-0.05, 0) is 131 Å². The number of nitrogens with zero attached hydrogens (tertiary/aromatic N) is 1. The lowest BCUT2D eigenvalue weighted by atomic mass is 9.45. The summed E-state index contributed by atoms with van der Waals surface area (Å²) < 4.78 is 0. The molecule has 6 atom stereocenters. The third kappa shape index (κ3) is 3.75. The molecule has 1 aromatic carbocycles. The lowest BCUT2D eigenvalue weighted by molar-refractivity contribution is -0.119. The zero-order valence-electron chi connectivity index (χ0n) is 23.7. The van der Waals surface area contributed by atoms with Crippen molar-refractivity contribution in [1.29, 1.82) is 0 Å². The number of allylic oxidation sites excluding steroid dienone is 2. The first-order valence-electron chi connectivity index (χ1n) is 15.3. The number of amides is 1. The van der Waals surface area contributed by atoms with Gasteiger partial charge in [-0.1, -0.05) is 56.0 Å². The third-order valence-corrected chi connectivity index (χ3v) is 12.1. The molecule has 1 heterocycles. The number of aryl methyl sites for hydroxylation is 1. The van der Waals surface area contributed by atoms with Gasteiger partial charge in [-0.25, -0.2) is 0 Å². The SMILES string of the molecule is Cc1ccc2c(c1)CC(C)(C)N2C(=O)CCCC1=CCC2C3CCC4CCCCC4(C)C3CCC12C. The molecule has 1 aliphatic heterocycles. The van der Waals surface area contributed by atoms with E-state index in [2.05, 4.69) is 63.8 Å². The number of carbonyl (C=O) groups is 1. The van der Waals surface area contributed by atoms with Crippen molar-refractivity contribution in [2.75, 3.05) is 4.90 Å². The van der Waals surface area contributed by atoms with Crippen molar-refractivity contribution in [1.82, 2.24) is 0 Å². The Morgan fingerprint density at radius 3 is 2.67 bits per heavy atom. The topological polar surface area (TPSA) is 20.3 Å². The van der Waals surface area contributed by atoms with Crippen LogP contribution in [0.4, 0.5) is 5.69 Å². The Hall–Kier alpha value is -1.57. The van der Waals surface area contributed by atoms with E-state index in [1.165, 1.54) is 68.9 Å². The number of hydrogen-bond donors (Lipinski definition) is 0. The highest BCUT2D eigenvalue weighted by molar-refractivity contribution is 5.97. The zero-order chi connectivity index (χ0) is 25.3. The molecule has 0 spiro atoms. The first-order valence-corrected chi connectivity index (χ1v) is 15.3. The lowest BCUT2D eigenvalue weighted by Crippen LogP contribution is -2.52. The summed E-state index contributed by atoms with van der Waals surface area (Å²) in [7, 11) is 0. The van der Waals surface area contributed by atoms with E-state index in [9.17, 15) is 4.79 Å². The van der Waals surface area contributed by atoms with E-state index in [1.807, 2.05) is 0 Å². The van der Waals surface area contributed by atoms with Crippen LogP contribution in [0.1, 0.15) is 116 Å². The summed E-state index contributed by atoms with van der Waals surface area (Å²) in [4.78, 5) is 15.6. The number of anilines is 1. The number of rotatable bonds is 4. The Kier molecular flexibility index (Phi) is 6.01. The molecular formula is C34H49NO. The molecule has 6 rings (SSSR count). The number of benzene rings is 1. The Morgan fingerprint density at radius 1 is 1.00 bits per heavy atom. The van der Waals surface area contributed by atoms with E-state index in [0.29, 0.717) is 23.2 Å².